The van der Waals surface area contributed by atoms with E-state index in [0.29, 0.717) is 11.1 Å². The molecule has 0 aliphatic carbocycles. The zero-order chi connectivity index (χ0) is 9.10. The summed E-state index contributed by atoms with van der Waals surface area (Å²) >= 11 is 1.42. The Morgan fingerprint density at radius 3 is 2.92 bits per heavy atom. The fraction of sp³-hybridized carbons (Fsp3) is 0.125. The molecule has 2 aromatic rings. The number of hydrogen-bond donors (Lipinski definition) is 0. The summed E-state index contributed by atoms with van der Waals surface area (Å²) in [6.45, 7) is 0. The van der Waals surface area contributed by atoms with Crippen LogP contribution in [0.1, 0.15) is 0 Å². The number of nitrogens with zero attached hydrogens (tertiary/aromatic N) is 3. The summed E-state index contributed by atoms with van der Waals surface area (Å²) < 4.78 is 5.32. The van der Waals surface area contributed by atoms with E-state index in [0.717, 1.165) is 5.56 Å². The van der Waals surface area contributed by atoms with Gasteiger partial charge in [-0.3, -0.25) is 4.98 Å². The largest absolute Gasteiger partial charge is 0.411 e. The van der Waals surface area contributed by atoms with Crippen molar-refractivity contribution in [3.8, 4) is 11.5 Å². The third-order valence-corrected chi connectivity index (χ3v) is 2.00. The SMILES string of the molecule is CSc1nnc(-c2cccnc2)o1. The maximum Gasteiger partial charge on any atom is 0.276 e. The van der Waals surface area contributed by atoms with Crippen molar-refractivity contribution in [2.45, 2.75) is 5.22 Å². The van der Waals surface area contributed by atoms with Crippen molar-refractivity contribution < 1.29 is 4.42 Å². The smallest absolute Gasteiger partial charge is 0.276 e. The van der Waals surface area contributed by atoms with Crippen molar-refractivity contribution in [1.29, 1.82) is 0 Å². The molecule has 0 spiro atoms. The first-order chi connectivity index (χ1) is 6.40. The zero-order valence-electron chi connectivity index (χ0n) is 6.97. The molecule has 0 aromatic carbocycles. The van der Waals surface area contributed by atoms with Crippen LogP contribution in [0.4, 0.5) is 0 Å². The van der Waals surface area contributed by atoms with Gasteiger partial charge in [0.15, 0.2) is 0 Å². The Morgan fingerprint density at radius 1 is 1.38 bits per heavy atom. The Kier molecular flexibility index (Phi) is 2.27. The Labute approximate surface area is 79.4 Å². The van der Waals surface area contributed by atoms with Crippen LogP contribution >= 0.6 is 11.8 Å². The maximum absolute atomic E-state index is 5.32. The van der Waals surface area contributed by atoms with E-state index in [9.17, 15) is 0 Å². The standard InChI is InChI=1S/C8H7N3OS/c1-13-8-11-10-7(12-8)6-3-2-4-9-5-6/h2-5H,1H3. The van der Waals surface area contributed by atoms with Gasteiger partial charge in [-0.25, -0.2) is 0 Å². The summed E-state index contributed by atoms with van der Waals surface area (Å²) in [7, 11) is 0. The van der Waals surface area contributed by atoms with Gasteiger partial charge in [-0.2, -0.15) is 0 Å². The second-order valence-electron chi connectivity index (χ2n) is 2.32. The predicted octanol–water partition coefficient (Wildman–Crippen LogP) is 1.85. The second kappa shape index (κ2) is 3.57. The quantitative estimate of drug-likeness (QED) is 0.681. The normalized spacial score (nSPS) is 10.2. The third kappa shape index (κ3) is 1.70. The van der Waals surface area contributed by atoms with Crippen LogP contribution in [0.15, 0.2) is 34.2 Å². The first-order valence-corrected chi connectivity index (χ1v) is 4.90. The lowest BCUT2D eigenvalue weighted by Gasteiger charge is -1.90. The molecule has 4 nitrogen and oxygen atoms in total. The molecule has 0 bridgehead atoms. The van der Waals surface area contributed by atoms with Gasteiger partial charge in [0.2, 0.25) is 5.89 Å². The zero-order valence-corrected chi connectivity index (χ0v) is 7.78. The minimum atomic E-state index is 0.512. The van der Waals surface area contributed by atoms with Crippen LogP contribution in [-0.2, 0) is 0 Å². The summed E-state index contributed by atoms with van der Waals surface area (Å²) in [6, 6.07) is 3.71. The molecule has 0 amide bonds. The van der Waals surface area contributed by atoms with Gasteiger partial charge in [0.1, 0.15) is 0 Å². The highest BCUT2D eigenvalue weighted by Crippen LogP contribution is 2.20. The van der Waals surface area contributed by atoms with Crippen molar-refractivity contribution in [3.63, 3.8) is 0 Å². The molecule has 13 heavy (non-hydrogen) atoms. The highest BCUT2D eigenvalue weighted by molar-refractivity contribution is 7.98. The minimum absolute atomic E-state index is 0.512. The van der Waals surface area contributed by atoms with E-state index < -0.39 is 0 Å². The van der Waals surface area contributed by atoms with Gasteiger partial charge in [-0.1, -0.05) is 11.8 Å². The molecule has 0 unspecified atom stereocenters. The van der Waals surface area contributed by atoms with E-state index in [1.807, 2.05) is 18.4 Å². The van der Waals surface area contributed by atoms with Gasteiger partial charge in [0.25, 0.3) is 5.22 Å². The average Bonchev–Trinajstić information content (AvgIpc) is 2.67. The van der Waals surface area contributed by atoms with Crippen LogP contribution in [0.25, 0.3) is 11.5 Å². The first kappa shape index (κ1) is 8.25. The number of pyridine rings is 1. The van der Waals surface area contributed by atoms with Crippen molar-refractivity contribution >= 4 is 11.8 Å². The van der Waals surface area contributed by atoms with Gasteiger partial charge >= 0.3 is 0 Å². The molecule has 2 heterocycles. The van der Waals surface area contributed by atoms with Gasteiger partial charge < -0.3 is 4.42 Å². The number of hydrogen-bond acceptors (Lipinski definition) is 5. The molecular weight excluding hydrogens is 186 g/mol. The van der Waals surface area contributed by atoms with Crippen molar-refractivity contribution in [3.05, 3.63) is 24.5 Å². The van der Waals surface area contributed by atoms with E-state index in [-0.39, 0.29) is 0 Å². The summed E-state index contributed by atoms with van der Waals surface area (Å²) in [6.07, 6.45) is 5.29. The predicted molar refractivity (Wildman–Crippen MR) is 49.3 cm³/mol. The summed E-state index contributed by atoms with van der Waals surface area (Å²) in [5, 5.41) is 8.28. The van der Waals surface area contributed by atoms with Gasteiger partial charge in [-0.15, -0.1) is 10.2 Å². The first-order valence-electron chi connectivity index (χ1n) is 3.68. The number of thioether (sulfide) groups is 1. The van der Waals surface area contributed by atoms with Crippen molar-refractivity contribution in [2.75, 3.05) is 6.26 Å². The number of rotatable bonds is 2. The van der Waals surface area contributed by atoms with Crippen molar-refractivity contribution in [2.24, 2.45) is 0 Å². The molecule has 2 aromatic heterocycles. The minimum Gasteiger partial charge on any atom is -0.411 e. The molecule has 0 aliphatic heterocycles. The van der Waals surface area contributed by atoms with E-state index >= 15 is 0 Å². The lowest BCUT2D eigenvalue weighted by Crippen LogP contribution is -1.77. The molecule has 0 N–H and O–H groups in total. The monoisotopic (exact) mass is 193 g/mol. The topological polar surface area (TPSA) is 51.8 Å². The molecule has 66 valence electrons. The Hall–Kier alpha value is -1.36. The van der Waals surface area contributed by atoms with Crippen LogP contribution in [0.3, 0.4) is 0 Å². The Balaban J connectivity index is 2.36. The molecule has 0 saturated heterocycles. The highest BCUT2D eigenvalue weighted by atomic mass is 32.2. The third-order valence-electron chi connectivity index (χ3n) is 1.49. The molecular formula is C8H7N3OS. The summed E-state index contributed by atoms with van der Waals surface area (Å²) in [4.78, 5) is 3.96. The van der Waals surface area contributed by atoms with Crippen LogP contribution in [0, 0.1) is 0 Å². The number of aromatic nitrogens is 3. The lowest BCUT2D eigenvalue weighted by atomic mass is 10.3. The fourth-order valence-electron chi connectivity index (χ4n) is 0.898. The average molecular weight is 193 g/mol. The van der Waals surface area contributed by atoms with Crippen LogP contribution in [-0.4, -0.2) is 21.4 Å². The highest BCUT2D eigenvalue weighted by Gasteiger charge is 2.06. The molecule has 0 radical (unpaired) electrons. The molecule has 0 atom stereocenters. The Bertz CT molecular complexity index is 387. The molecule has 5 heteroatoms. The molecule has 0 fully saturated rings. The van der Waals surface area contributed by atoms with Crippen LogP contribution < -0.4 is 0 Å². The van der Waals surface area contributed by atoms with Crippen LogP contribution in [0.2, 0.25) is 0 Å². The Morgan fingerprint density at radius 2 is 2.31 bits per heavy atom. The summed E-state index contributed by atoms with van der Waals surface area (Å²) in [5.41, 5.74) is 0.843. The van der Waals surface area contributed by atoms with E-state index in [1.54, 1.807) is 12.4 Å². The van der Waals surface area contributed by atoms with Crippen molar-refractivity contribution in [1.82, 2.24) is 15.2 Å². The summed E-state index contributed by atoms with van der Waals surface area (Å²) in [5.74, 6) is 0.512. The van der Waals surface area contributed by atoms with Gasteiger partial charge in [-0.05, 0) is 18.4 Å². The van der Waals surface area contributed by atoms with Gasteiger partial charge in [0.05, 0.1) is 5.56 Å². The van der Waals surface area contributed by atoms with E-state index in [2.05, 4.69) is 15.2 Å². The van der Waals surface area contributed by atoms with E-state index in [1.165, 1.54) is 11.8 Å². The lowest BCUT2D eigenvalue weighted by molar-refractivity contribution is 0.466. The fourth-order valence-corrected chi connectivity index (χ4v) is 1.18. The molecule has 0 saturated carbocycles. The molecule has 0 aliphatic rings. The second-order valence-corrected chi connectivity index (χ2v) is 3.08. The molecule has 2 rings (SSSR count). The van der Waals surface area contributed by atoms with Crippen LogP contribution in [0.5, 0.6) is 0 Å². The van der Waals surface area contributed by atoms with E-state index in [4.69, 9.17) is 4.42 Å². The maximum atomic E-state index is 5.32. The van der Waals surface area contributed by atoms with Gasteiger partial charge in [0, 0.05) is 12.4 Å².